The highest BCUT2D eigenvalue weighted by atomic mass is 16.5. The molecule has 0 bridgehead atoms. The second-order valence-corrected chi connectivity index (χ2v) is 5.95. The molecule has 23 heavy (non-hydrogen) atoms. The molecule has 2 fully saturated rings. The molecule has 7 nitrogen and oxygen atoms in total. The Bertz CT molecular complexity index is 669. The summed E-state index contributed by atoms with van der Waals surface area (Å²) in [5.41, 5.74) is 0.977. The first-order chi connectivity index (χ1) is 11.3. The number of fused-ring (bicyclic) bond motifs is 1. The molecule has 2 aliphatic rings. The van der Waals surface area contributed by atoms with Gasteiger partial charge in [-0.25, -0.2) is 19.9 Å². The maximum absolute atomic E-state index is 6.21. The van der Waals surface area contributed by atoms with E-state index >= 15 is 0 Å². The van der Waals surface area contributed by atoms with E-state index in [2.05, 4.69) is 24.8 Å². The number of anilines is 1. The van der Waals surface area contributed by atoms with E-state index in [1.54, 1.807) is 26.0 Å². The number of piperidine rings is 1. The third-order valence-electron chi connectivity index (χ3n) is 4.62. The molecule has 0 radical (unpaired) electrons. The summed E-state index contributed by atoms with van der Waals surface area (Å²) in [5, 5.41) is 0. The van der Waals surface area contributed by atoms with Crippen molar-refractivity contribution in [3.05, 3.63) is 36.7 Å². The third kappa shape index (κ3) is 2.84. The van der Waals surface area contributed by atoms with Crippen molar-refractivity contribution in [2.45, 2.75) is 25.0 Å². The summed E-state index contributed by atoms with van der Waals surface area (Å²) < 4.78 is 11.4. The first kappa shape index (κ1) is 14.3. The molecule has 4 rings (SSSR count). The highest BCUT2D eigenvalue weighted by molar-refractivity contribution is 5.41. The molecule has 2 aromatic rings. The zero-order valence-corrected chi connectivity index (χ0v) is 13.0. The van der Waals surface area contributed by atoms with Gasteiger partial charge in [-0.1, -0.05) is 0 Å². The Morgan fingerprint density at radius 2 is 2.22 bits per heavy atom. The van der Waals surface area contributed by atoms with Crippen LogP contribution < -0.4 is 9.64 Å². The van der Waals surface area contributed by atoms with Crippen LogP contribution in [0.2, 0.25) is 0 Å². The van der Waals surface area contributed by atoms with Crippen molar-refractivity contribution in [2.75, 3.05) is 25.1 Å². The maximum Gasteiger partial charge on any atom is 0.218 e. The molecule has 0 saturated carbocycles. The summed E-state index contributed by atoms with van der Waals surface area (Å²) in [7, 11) is 1.62. The Labute approximate surface area is 134 Å². The van der Waals surface area contributed by atoms with Gasteiger partial charge in [-0.2, -0.15) is 0 Å². The fourth-order valence-corrected chi connectivity index (χ4v) is 3.46. The smallest absolute Gasteiger partial charge is 0.218 e. The summed E-state index contributed by atoms with van der Waals surface area (Å²) in [6.45, 7) is 1.87. The maximum atomic E-state index is 6.21. The van der Waals surface area contributed by atoms with Gasteiger partial charge in [0, 0.05) is 31.3 Å². The molecule has 2 aromatic heterocycles. The van der Waals surface area contributed by atoms with Crippen molar-refractivity contribution in [1.29, 1.82) is 0 Å². The van der Waals surface area contributed by atoms with Gasteiger partial charge in [-0.05, 0) is 18.9 Å². The van der Waals surface area contributed by atoms with Gasteiger partial charge in [0.1, 0.15) is 24.6 Å². The number of hydrogen-bond donors (Lipinski definition) is 0. The van der Waals surface area contributed by atoms with Crippen LogP contribution in [0.4, 0.5) is 5.82 Å². The van der Waals surface area contributed by atoms with Crippen molar-refractivity contribution < 1.29 is 9.47 Å². The van der Waals surface area contributed by atoms with Crippen LogP contribution in [0.25, 0.3) is 0 Å². The number of ether oxygens (including phenoxy) is 2. The second-order valence-electron chi connectivity index (χ2n) is 5.95. The molecule has 0 aliphatic carbocycles. The third-order valence-corrected chi connectivity index (χ3v) is 4.62. The molecule has 0 spiro atoms. The molecule has 4 heterocycles. The molecule has 120 valence electrons. The normalized spacial score (nSPS) is 26.8. The number of rotatable bonds is 3. The van der Waals surface area contributed by atoms with Crippen LogP contribution in [0, 0.1) is 5.92 Å². The van der Waals surface area contributed by atoms with Gasteiger partial charge in [0.25, 0.3) is 0 Å². The fraction of sp³-hybridized carbons (Fsp3) is 0.500. The van der Waals surface area contributed by atoms with Gasteiger partial charge in [0.2, 0.25) is 5.88 Å². The second kappa shape index (κ2) is 6.08. The minimum absolute atomic E-state index is 0.0767. The van der Waals surface area contributed by atoms with Crippen molar-refractivity contribution in [3.63, 3.8) is 0 Å². The monoisotopic (exact) mass is 313 g/mol. The minimum Gasteiger partial charge on any atom is -0.481 e. The van der Waals surface area contributed by atoms with Crippen LogP contribution >= 0.6 is 0 Å². The molecule has 0 aromatic carbocycles. The Kier molecular flexibility index (Phi) is 3.78. The predicted octanol–water partition coefficient (Wildman–Crippen LogP) is 1.63. The van der Waals surface area contributed by atoms with E-state index in [1.807, 2.05) is 12.1 Å². The molecular formula is C16H19N5O2. The number of nitrogens with zero attached hydrogens (tertiary/aromatic N) is 5. The minimum atomic E-state index is 0.0767. The zero-order valence-electron chi connectivity index (χ0n) is 13.0. The zero-order chi connectivity index (χ0) is 15.6. The SMILES string of the molecule is COc1cc(N2CC[C@@H]3O[C@@H](c4ccncn4)C[C@H]3C2)ncn1. The van der Waals surface area contributed by atoms with E-state index in [0.29, 0.717) is 17.9 Å². The Morgan fingerprint density at radius 3 is 3.04 bits per heavy atom. The van der Waals surface area contributed by atoms with Gasteiger partial charge in [0.15, 0.2) is 0 Å². The van der Waals surface area contributed by atoms with E-state index in [0.717, 1.165) is 37.4 Å². The molecular weight excluding hydrogens is 294 g/mol. The Hall–Kier alpha value is -2.28. The first-order valence-corrected chi connectivity index (χ1v) is 7.86. The molecule has 2 aliphatic heterocycles. The molecule has 3 atom stereocenters. The van der Waals surface area contributed by atoms with Gasteiger partial charge in [-0.15, -0.1) is 0 Å². The lowest BCUT2D eigenvalue weighted by atomic mass is 9.92. The molecule has 7 heteroatoms. The van der Waals surface area contributed by atoms with E-state index in [9.17, 15) is 0 Å². The van der Waals surface area contributed by atoms with Crippen LogP contribution in [0.5, 0.6) is 5.88 Å². The van der Waals surface area contributed by atoms with Gasteiger partial charge in [-0.3, -0.25) is 0 Å². The summed E-state index contributed by atoms with van der Waals surface area (Å²) in [6, 6.07) is 3.83. The highest BCUT2D eigenvalue weighted by Gasteiger charge is 2.40. The lowest BCUT2D eigenvalue weighted by Crippen LogP contribution is -2.41. The first-order valence-electron chi connectivity index (χ1n) is 7.86. The predicted molar refractivity (Wildman–Crippen MR) is 83.2 cm³/mol. The topological polar surface area (TPSA) is 73.3 Å². The lowest BCUT2D eigenvalue weighted by molar-refractivity contribution is 0.0232. The van der Waals surface area contributed by atoms with Crippen molar-refractivity contribution >= 4 is 5.82 Å². The van der Waals surface area contributed by atoms with Crippen LogP contribution in [-0.4, -0.2) is 46.2 Å². The van der Waals surface area contributed by atoms with Crippen molar-refractivity contribution in [3.8, 4) is 5.88 Å². The fourth-order valence-electron chi connectivity index (χ4n) is 3.46. The summed E-state index contributed by atoms with van der Waals surface area (Å²) in [4.78, 5) is 19.0. The quantitative estimate of drug-likeness (QED) is 0.852. The molecule has 0 N–H and O–H groups in total. The highest BCUT2D eigenvalue weighted by Crippen LogP contribution is 2.40. The van der Waals surface area contributed by atoms with Crippen molar-refractivity contribution in [2.24, 2.45) is 5.92 Å². The number of aromatic nitrogens is 4. The largest absolute Gasteiger partial charge is 0.481 e. The molecule has 0 unspecified atom stereocenters. The average molecular weight is 313 g/mol. The summed E-state index contributed by atoms with van der Waals surface area (Å²) >= 11 is 0. The van der Waals surface area contributed by atoms with Crippen LogP contribution in [-0.2, 0) is 4.74 Å². The number of methoxy groups -OCH3 is 1. The summed E-state index contributed by atoms with van der Waals surface area (Å²) in [6.07, 6.45) is 7.27. The van der Waals surface area contributed by atoms with E-state index in [-0.39, 0.29) is 6.10 Å². The van der Waals surface area contributed by atoms with E-state index in [4.69, 9.17) is 9.47 Å². The van der Waals surface area contributed by atoms with Crippen LogP contribution in [0.3, 0.4) is 0 Å². The van der Waals surface area contributed by atoms with Crippen molar-refractivity contribution in [1.82, 2.24) is 19.9 Å². The average Bonchev–Trinajstić information content (AvgIpc) is 3.06. The van der Waals surface area contributed by atoms with E-state index < -0.39 is 0 Å². The molecule has 0 amide bonds. The van der Waals surface area contributed by atoms with Crippen LogP contribution in [0.1, 0.15) is 24.6 Å². The van der Waals surface area contributed by atoms with Gasteiger partial charge in [0.05, 0.1) is 18.9 Å². The lowest BCUT2D eigenvalue weighted by Gasteiger charge is -2.34. The van der Waals surface area contributed by atoms with Crippen LogP contribution in [0.15, 0.2) is 31.0 Å². The van der Waals surface area contributed by atoms with Gasteiger partial charge >= 0.3 is 0 Å². The number of hydrogen-bond acceptors (Lipinski definition) is 7. The standard InChI is InChI=1S/C16H19N5O2/c1-22-16-7-15(19-10-20-16)21-5-3-13-11(8-21)6-14(23-13)12-2-4-17-9-18-12/h2,4,7,9-11,13-14H,3,5-6,8H2,1H3/t11-,13-,14+/m0/s1. The summed E-state index contributed by atoms with van der Waals surface area (Å²) in [5.74, 6) is 2.00. The van der Waals surface area contributed by atoms with Gasteiger partial charge < -0.3 is 14.4 Å². The van der Waals surface area contributed by atoms with E-state index in [1.165, 1.54) is 0 Å². The Morgan fingerprint density at radius 1 is 1.26 bits per heavy atom. The molecule has 2 saturated heterocycles. The Balaban J connectivity index is 1.47.